The van der Waals surface area contributed by atoms with Crippen molar-refractivity contribution in [2.75, 3.05) is 5.73 Å². The topological polar surface area (TPSA) is 52.3 Å². The van der Waals surface area contributed by atoms with E-state index in [0.717, 1.165) is 0 Å². The van der Waals surface area contributed by atoms with E-state index in [2.05, 4.69) is 20.7 Å². The predicted octanol–water partition coefficient (Wildman–Crippen LogP) is 2.90. The molecule has 1 unspecified atom stereocenters. The summed E-state index contributed by atoms with van der Waals surface area (Å²) in [5, 5.41) is 0. The smallest absolute Gasteiger partial charge is 0.387 e. The molecule has 1 aromatic rings. The van der Waals surface area contributed by atoms with Crippen molar-refractivity contribution in [1.82, 2.24) is 0 Å². The second kappa shape index (κ2) is 5.25. The van der Waals surface area contributed by atoms with E-state index >= 15 is 0 Å². The molecule has 0 aromatic heterocycles. The Morgan fingerprint density at radius 3 is 2.56 bits per heavy atom. The summed E-state index contributed by atoms with van der Waals surface area (Å²) in [6.07, 6.45) is 0. The Hall–Kier alpha value is -1.17. The van der Waals surface area contributed by atoms with Crippen LogP contribution in [0.25, 0.3) is 0 Å². The van der Waals surface area contributed by atoms with Crippen LogP contribution >= 0.6 is 15.9 Å². The lowest BCUT2D eigenvalue weighted by Crippen LogP contribution is -2.05. The van der Waals surface area contributed by atoms with Gasteiger partial charge in [-0.05, 0) is 24.6 Å². The third-order valence-corrected chi connectivity index (χ3v) is 3.00. The van der Waals surface area contributed by atoms with Crippen LogP contribution in [0.1, 0.15) is 17.3 Å². The van der Waals surface area contributed by atoms with Crippen molar-refractivity contribution in [3.05, 3.63) is 23.8 Å². The van der Waals surface area contributed by atoms with Gasteiger partial charge in [-0.1, -0.05) is 15.9 Å². The van der Waals surface area contributed by atoms with Gasteiger partial charge >= 0.3 is 6.61 Å². The molecule has 0 bridgehead atoms. The van der Waals surface area contributed by atoms with Crippen molar-refractivity contribution in [3.63, 3.8) is 0 Å². The zero-order valence-corrected chi connectivity index (χ0v) is 10.0. The van der Waals surface area contributed by atoms with E-state index in [1.165, 1.54) is 25.1 Å². The third kappa shape index (κ3) is 3.44. The molecule has 0 heterocycles. The molecule has 0 fully saturated rings. The third-order valence-electron chi connectivity index (χ3n) is 1.83. The average molecular weight is 294 g/mol. The summed E-state index contributed by atoms with van der Waals surface area (Å²) in [7, 11) is 0. The van der Waals surface area contributed by atoms with Gasteiger partial charge in [-0.15, -0.1) is 0 Å². The molecule has 6 heteroatoms. The average Bonchev–Trinajstić information content (AvgIpc) is 2.14. The van der Waals surface area contributed by atoms with Crippen LogP contribution < -0.4 is 10.5 Å². The molecule has 1 rings (SSSR count). The number of benzene rings is 1. The number of Topliss-reactive ketones (excluding diaryl/α,β-unsaturated/α-hetero) is 1. The van der Waals surface area contributed by atoms with E-state index in [1.807, 2.05) is 0 Å². The lowest BCUT2D eigenvalue weighted by atomic mass is 10.1. The molecule has 0 aliphatic heterocycles. The summed E-state index contributed by atoms with van der Waals surface area (Å²) in [5.41, 5.74) is 6.27. The molecule has 0 saturated heterocycles. The molecule has 88 valence electrons. The minimum atomic E-state index is -2.92. The highest BCUT2D eigenvalue weighted by Gasteiger charge is 2.15. The van der Waals surface area contributed by atoms with Crippen molar-refractivity contribution in [3.8, 4) is 5.75 Å². The van der Waals surface area contributed by atoms with Crippen LogP contribution in [0, 0.1) is 0 Å². The van der Waals surface area contributed by atoms with E-state index in [9.17, 15) is 13.6 Å². The van der Waals surface area contributed by atoms with Gasteiger partial charge < -0.3 is 10.5 Å². The van der Waals surface area contributed by atoms with E-state index in [1.54, 1.807) is 0 Å². The number of carbonyl (C=O) groups is 1. The predicted molar refractivity (Wildman–Crippen MR) is 59.8 cm³/mol. The lowest BCUT2D eigenvalue weighted by molar-refractivity contribution is -0.116. The SMILES string of the molecule is CC(=O)C(Br)c1cc(N)cc(OC(F)F)c1. The monoisotopic (exact) mass is 293 g/mol. The number of nitrogens with two attached hydrogens (primary N) is 1. The molecule has 3 nitrogen and oxygen atoms in total. The maximum atomic E-state index is 12.0. The van der Waals surface area contributed by atoms with Crippen LogP contribution in [0.2, 0.25) is 0 Å². The summed E-state index contributed by atoms with van der Waals surface area (Å²) in [4.78, 5) is 10.5. The van der Waals surface area contributed by atoms with Gasteiger partial charge in [-0.25, -0.2) is 0 Å². The number of halogens is 3. The first-order valence-electron chi connectivity index (χ1n) is 4.40. The number of carbonyl (C=O) groups excluding carboxylic acids is 1. The summed E-state index contributed by atoms with van der Waals surface area (Å²) in [5.74, 6) is -0.204. The fourth-order valence-corrected chi connectivity index (χ4v) is 1.46. The van der Waals surface area contributed by atoms with Gasteiger partial charge in [0.25, 0.3) is 0 Å². The zero-order chi connectivity index (χ0) is 12.3. The van der Waals surface area contributed by atoms with Crippen LogP contribution in [-0.2, 0) is 4.79 Å². The van der Waals surface area contributed by atoms with Crippen LogP contribution in [-0.4, -0.2) is 12.4 Å². The number of hydrogen-bond donors (Lipinski definition) is 1. The summed E-state index contributed by atoms with van der Waals surface area (Å²) < 4.78 is 28.2. The van der Waals surface area contributed by atoms with Crippen molar-refractivity contribution in [2.45, 2.75) is 18.4 Å². The lowest BCUT2D eigenvalue weighted by Gasteiger charge is -2.11. The van der Waals surface area contributed by atoms with E-state index < -0.39 is 11.4 Å². The standard InChI is InChI=1S/C10H10BrF2NO2/c1-5(15)9(11)6-2-7(14)4-8(3-6)16-10(12)13/h2-4,9-10H,14H2,1H3. The molecule has 0 spiro atoms. The fourth-order valence-electron chi connectivity index (χ4n) is 1.20. The highest BCUT2D eigenvalue weighted by atomic mass is 79.9. The maximum Gasteiger partial charge on any atom is 0.387 e. The Kier molecular flexibility index (Phi) is 4.23. The summed E-state index contributed by atoms with van der Waals surface area (Å²) >= 11 is 3.14. The minimum Gasteiger partial charge on any atom is -0.435 e. The molecule has 16 heavy (non-hydrogen) atoms. The number of hydrogen-bond acceptors (Lipinski definition) is 3. The number of alkyl halides is 3. The van der Waals surface area contributed by atoms with Crippen molar-refractivity contribution in [2.24, 2.45) is 0 Å². The second-order valence-corrected chi connectivity index (χ2v) is 4.10. The molecule has 0 radical (unpaired) electrons. The Morgan fingerprint density at radius 2 is 2.06 bits per heavy atom. The van der Waals surface area contributed by atoms with Crippen LogP contribution in [0.5, 0.6) is 5.75 Å². The van der Waals surface area contributed by atoms with Crippen LogP contribution in [0.3, 0.4) is 0 Å². The summed E-state index contributed by atoms with van der Waals surface area (Å²) in [6, 6.07) is 4.15. The number of ether oxygens (including phenoxy) is 1. The van der Waals surface area contributed by atoms with Crippen molar-refractivity contribution >= 4 is 27.4 Å². The van der Waals surface area contributed by atoms with Gasteiger partial charge in [0.1, 0.15) is 11.5 Å². The van der Waals surface area contributed by atoms with E-state index in [4.69, 9.17) is 5.73 Å². The fraction of sp³-hybridized carbons (Fsp3) is 0.300. The highest BCUT2D eigenvalue weighted by molar-refractivity contribution is 9.09. The van der Waals surface area contributed by atoms with E-state index in [-0.39, 0.29) is 17.2 Å². The molecule has 0 amide bonds. The molecule has 1 aromatic carbocycles. The van der Waals surface area contributed by atoms with Gasteiger partial charge in [0, 0.05) is 11.8 Å². The minimum absolute atomic E-state index is 0.0595. The summed E-state index contributed by atoms with van der Waals surface area (Å²) in [6.45, 7) is -1.53. The van der Waals surface area contributed by atoms with Crippen molar-refractivity contribution in [1.29, 1.82) is 0 Å². The molecule has 1 atom stereocenters. The van der Waals surface area contributed by atoms with Gasteiger partial charge in [0.15, 0.2) is 0 Å². The quantitative estimate of drug-likeness (QED) is 0.686. The first-order valence-corrected chi connectivity index (χ1v) is 5.31. The Balaban J connectivity index is 3.02. The molecule has 2 N–H and O–H groups in total. The maximum absolute atomic E-state index is 12.0. The molecule has 0 aliphatic carbocycles. The zero-order valence-electron chi connectivity index (χ0n) is 8.41. The Labute approximate surface area is 99.7 Å². The second-order valence-electron chi connectivity index (χ2n) is 3.19. The van der Waals surface area contributed by atoms with Crippen LogP contribution in [0.15, 0.2) is 18.2 Å². The molecule has 0 aliphatic rings. The first-order chi connectivity index (χ1) is 7.40. The number of nitrogen functional groups attached to an aromatic ring is 1. The molecular weight excluding hydrogens is 284 g/mol. The molecular formula is C10H10BrF2NO2. The van der Waals surface area contributed by atoms with E-state index in [0.29, 0.717) is 5.56 Å². The van der Waals surface area contributed by atoms with Crippen molar-refractivity contribution < 1.29 is 18.3 Å². The van der Waals surface area contributed by atoms with Gasteiger partial charge in [-0.2, -0.15) is 8.78 Å². The first kappa shape index (κ1) is 12.9. The Bertz CT molecular complexity index is 398. The van der Waals surface area contributed by atoms with Gasteiger partial charge in [-0.3, -0.25) is 4.79 Å². The van der Waals surface area contributed by atoms with Gasteiger partial charge in [0.2, 0.25) is 0 Å². The van der Waals surface area contributed by atoms with Gasteiger partial charge in [0.05, 0.1) is 4.83 Å². The van der Waals surface area contributed by atoms with Crippen LogP contribution in [0.4, 0.5) is 14.5 Å². The normalized spacial score (nSPS) is 12.6. The number of ketones is 1. The molecule has 0 saturated carbocycles. The number of anilines is 1. The number of rotatable bonds is 4. The largest absolute Gasteiger partial charge is 0.435 e. The highest BCUT2D eigenvalue weighted by Crippen LogP contribution is 2.29. The Morgan fingerprint density at radius 1 is 1.44 bits per heavy atom.